The summed E-state index contributed by atoms with van der Waals surface area (Å²) in [5, 5.41) is 4.98. The van der Waals surface area contributed by atoms with Gasteiger partial charge in [-0.2, -0.15) is 0 Å². The second-order valence-electron chi connectivity index (χ2n) is 7.31. The molecule has 3 nitrogen and oxygen atoms in total. The predicted octanol–water partition coefficient (Wildman–Crippen LogP) is 6.94. The molecule has 0 bridgehead atoms. The van der Waals surface area contributed by atoms with Gasteiger partial charge in [0, 0.05) is 28.6 Å². The molecule has 2 heterocycles. The molecule has 5 rings (SSSR count). The largest absolute Gasteiger partial charge is 0.485 e. The van der Waals surface area contributed by atoms with E-state index in [-0.39, 0.29) is 12.0 Å². The molecular weight excluding hydrogens is 429 g/mol. The Kier molecular flexibility index (Phi) is 5.09. The zero-order valence-corrected chi connectivity index (χ0v) is 17.7. The average Bonchev–Trinajstić information content (AvgIpc) is 3.07. The van der Waals surface area contributed by atoms with E-state index in [1.165, 1.54) is 0 Å². The fourth-order valence-electron chi connectivity index (χ4n) is 4.12. The maximum atomic E-state index is 6.52. The molecular formula is C23H18Cl3NO2. The van der Waals surface area contributed by atoms with E-state index in [1.807, 2.05) is 36.4 Å². The van der Waals surface area contributed by atoms with Gasteiger partial charge in [0.2, 0.25) is 0 Å². The van der Waals surface area contributed by atoms with E-state index < -0.39 is 0 Å². The molecule has 1 fully saturated rings. The average molecular weight is 447 g/mol. The Morgan fingerprint density at radius 3 is 2.48 bits per heavy atom. The minimum absolute atomic E-state index is 0.149. The van der Waals surface area contributed by atoms with E-state index in [1.54, 1.807) is 12.1 Å². The highest BCUT2D eigenvalue weighted by Crippen LogP contribution is 2.50. The molecule has 0 unspecified atom stereocenters. The smallest absolute Gasteiger partial charge is 0.170 e. The van der Waals surface area contributed by atoms with Crippen molar-refractivity contribution >= 4 is 34.8 Å². The van der Waals surface area contributed by atoms with Crippen molar-refractivity contribution in [1.29, 1.82) is 0 Å². The third-order valence-electron chi connectivity index (χ3n) is 5.44. The van der Waals surface area contributed by atoms with Crippen LogP contribution < -0.4 is 14.8 Å². The molecule has 1 N–H and O–H groups in total. The highest BCUT2D eigenvalue weighted by molar-refractivity contribution is 6.41. The van der Waals surface area contributed by atoms with E-state index in [0.29, 0.717) is 20.8 Å². The first-order valence-electron chi connectivity index (χ1n) is 9.53. The van der Waals surface area contributed by atoms with Gasteiger partial charge in [-0.1, -0.05) is 53.0 Å². The van der Waals surface area contributed by atoms with Gasteiger partial charge in [-0.05, 0) is 54.9 Å². The summed E-state index contributed by atoms with van der Waals surface area (Å²) in [5.41, 5.74) is 2.74. The number of para-hydroxylation sites is 1. The normalized spacial score (nSPS) is 20.0. The molecule has 3 aromatic carbocycles. The van der Waals surface area contributed by atoms with Gasteiger partial charge < -0.3 is 14.8 Å². The summed E-state index contributed by atoms with van der Waals surface area (Å²) >= 11 is 19.1. The summed E-state index contributed by atoms with van der Waals surface area (Å²) in [5.74, 6) is 2.48. The number of hydrogen-bond acceptors (Lipinski definition) is 3. The maximum absolute atomic E-state index is 6.52. The van der Waals surface area contributed by atoms with Gasteiger partial charge in [0.1, 0.15) is 11.9 Å². The molecule has 0 amide bonds. The molecule has 0 spiro atoms. The molecule has 2 atom stereocenters. The van der Waals surface area contributed by atoms with Crippen molar-refractivity contribution in [3.63, 3.8) is 0 Å². The lowest BCUT2D eigenvalue weighted by atomic mass is 9.89. The van der Waals surface area contributed by atoms with E-state index in [9.17, 15) is 0 Å². The first-order chi connectivity index (χ1) is 14.1. The molecule has 0 saturated carbocycles. The number of rotatable bonds is 3. The van der Waals surface area contributed by atoms with Crippen molar-refractivity contribution in [2.45, 2.75) is 18.4 Å². The monoisotopic (exact) mass is 445 g/mol. The fraction of sp³-hybridized carbons (Fsp3) is 0.217. The summed E-state index contributed by atoms with van der Waals surface area (Å²) in [7, 11) is 0. The lowest BCUT2D eigenvalue weighted by Gasteiger charge is -2.24. The zero-order valence-electron chi connectivity index (χ0n) is 15.4. The van der Waals surface area contributed by atoms with E-state index in [0.717, 1.165) is 47.7 Å². The van der Waals surface area contributed by atoms with E-state index >= 15 is 0 Å². The summed E-state index contributed by atoms with van der Waals surface area (Å²) < 4.78 is 12.6. The second kappa shape index (κ2) is 7.73. The minimum Gasteiger partial charge on any atom is -0.485 e. The Labute approximate surface area is 184 Å². The molecule has 148 valence electrons. The van der Waals surface area contributed by atoms with Gasteiger partial charge >= 0.3 is 0 Å². The zero-order chi connectivity index (χ0) is 20.0. The van der Waals surface area contributed by atoms with Gasteiger partial charge in [0.25, 0.3) is 0 Å². The van der Waals surface area contributed by atoms with Crippen molar-refractivity contribution in [3.05, 3.63) is 75.2 Å². The standard InChI is InChI=1S/C23H18Cl3NO2/c24-14-10-18(25)22(19(26)11-14)13-8-16-17-12-27-7-6-20(17)29-23(16)21(9-13)28-15-4-2-1-3-5-15/h1-5,8-11,17,20,27H,6-7,12H2/t17-,20-/m0/s1. The molecule has 0 aromatic heterocycles. The number of piperidine rings is 1. The van der Waals surface area contributed by atoms with Gasteiger partial charge in [-0.15, -0.1) is 0 Å². The summed E-state index contributed by atoms with van der Waals surface area (Å²) in [4.78, 5) is 0. The Bertz CT molecular complexity index is 1050. The summed E-state index contributed by atoms with van der Waals surface area (Å²) in [6, 6.07) is 17.2. The van der Waals surface area contributed by atoms with Crippen LogP contribution >= 0.6 is 34.8 Å². The number of ether oxygens (including phenoxy) is 2. The molecule has 6 heteroatoms. The van der Waals surface area contributed by atoms with Crippen molar-refractivity contribution in [1.82, 2.24) is 5.32 Å². The van der Waals surface area contributed by atoms with Crippen LogP contribution in [0.15, 0.2) is 54.6 Å². The van der Waals surface area contributed by atoms with Crippen LogP contribution in [-0.2, 0) is 0 Å². The van der Waals surface area contributed by atoms with Crippen LogP contribution in [0.1, 0.15) is 17.9 Å². The van der Waals surface area contributed by atoms with Gasteiger partial charge in [0.15, 0.2) is 11.5 Å². The minimum atomic E-state index is 0.149. The lowest BCUT2D eigenvalue weighted by Crippen LogP contribution is -2.37. The molecule has 1 saturated heterocycles. The van der Waals surface area contributed by atoms with Crippen molar-refractivity contribution in [2.75, 3.05) is 13.1 Å². The first kappa shape index (κ1) is 19.1. The lowest BCUT2D eigenvalue weighted by molar-refractivity contribution is 0.169. The molecule has 0 radical (unpaired) electrons. The molecule has 0 aliphatic carbocycles. The number of hydrogen-bond donors (Lipinski definition) is 1. The van der Waals surface area contributed by atoms with Crippen molar-refractivity contribution in [3.8, 4) is 28.4 Å². The quantitative estimate of drug-likeness (QED) is 0.472. The van der Waals surface area contributed by atoms with E-state index in [4.69, 9.17) is 44.3 Å². The summed E-state index contributed by atoms with van der Waals surface area (Å²) in [6.45, 7) is 1.82. The van der Waals surface area contributed by atoms with Crippen LogP contribution in [0.4, 0.5) is 0 Å². The Balaban J connectivity index is 1.67. The maximum Gasteiger partial charge on any atom is 0.170 e. The van der Waals surface area contributed by atoms with Crippen molar-refractivity contribution in [2.24, 2.45) is 0 Å². The van der Waals surface area contributed by atoms with Crippen molar-refractivity contribution < 1.29 is 9.47 Å². The topological polar surface area (TPSA) is 30.5 Å². The van der Waals surface area contributed by atoms with Crippen LogP contribution in [-0.4, -0.2) is 19.2 Å². The van der Waals surface area contributed by atoms with E-state index in [2.05, 4.69) is 11.4 Å². The van der Waals surface area contributed by atoms with Crippen LogP contribution in [0.5, 0.6) is 17.2 Å². The Hall–Kier alpha value is -1.91. The number of benzene rings is 3. The summed E-state index contributed by atoms with van der Waals surface area (Å²) in [6.07, 6.45) is 1.11. The number of nitrogens with one attached hydrogen (secondary N) is 1. The fourth-order valence-corrected chi connectivity index (χ4v) is 5.15. The van der Waals surface area contributed by atoms with Crippen LogP contribution in [0, 0.1) is 0 Å². The second-order valence-corrected chi connectivity index (χ2v) is 8.56. The first-order valence-corrected chi connectivity index (χ1v) is 10.7. The molecule has 29 heavy (non-hydrogen) atoms. The Morgan fingerprint density at radius 1 is 0.966 bits per heavy atom. The molecule has 2 aliphatic heterocycles. The van der Waals surface area contributed by atoms with Crippen LogP contribution in [0.3, 0.4) is 0 Å². The van der Waals surface area contributed by atoms with Gasteiger partial charge in [-0.3, -0.25) is 0 Å². The SMILES string of the molecule is Clc1cc(Cl)c(-c2cc(Oc3ccccc3)c3c(c2)[C@@H]2CNCC[C@@H]2O3)c(Cl)c1. The Morgan fingerprint density at radius 2 is 1.72 bits per heavy atom. The third kappa shape index (κ3) is 3.57. The van der Waals surface area contributed by atoms with Gasteiger partial charge in [0.05, 0.1) is 10.0 Å². The highest BCUT2D eigenvalue weighted by Gasteiger charge is 2.38. The highest BCUT2D eigenvalue weighted by atomic mass is 35.5. The van der Waals surface area contributed by atoms with Crippen LogP contribution in [0.2, 0.25) is 15.1 Å². The molecule has 2 aliphatic rings. The third-order valence-corrected chi connectivity index (χ3v) is 6.25. The predicted molar refractivity (Wildman–Crippen MR) is 118 cm³/mol. The van der Waals surface area contributed by atoms with Crippen LogP contribution in [0.25, 0.3) is 11.1 Å². The molecule has 3 aromatic rings. The van der Waals surface area contributed by atoms with Gasteiger partial charge in [-0.25, -0.2) is 0 Å². The number of fused-ring (bicyclic) bond motifs is 3. The number of halogens is 3.